The van der Waals surface area contributed by atoms with Crippen LogP contribution in [0.25, 0.3) is 0 Å². The molecule has 0 saturated carbocycles. The summed E-state index contributed by atoms with van der Waals surface area (Å²) in [7, 11) is -3.62. The molecule has 0 radical (unpaired) electrons. The van der Waals surface area contributed by atoms with Gasteiger partial charge < -0.3 is 9.84 Å². The molecule has 2 fully saturated rings. The summed E-state index contributed by atoms with van der Waals surface area (Å²) >= 11 is 0. The van der Waals surface area contributed by atoms with E-state index in [9.17, 15) is 17.9 Å². The molecule has 0 spiro atoms. The van der Waals surface area contributed by atoms with E-state index in [2.05, 4.69) is 0 Å². The van der Waals surface area contributed by atoms with Crippen molar-refractivity contribution >= 4 is 10.0 Å². The summed E-state index contributed by atoms with van der Waals surface area (Å²) in [6.07, 6.45) is 2.11. The van der Waals surface area contributed by atoms with E-state index in [0.29, 0.717) is 43.6 Å². The van der Waals surface area contributed by atoms with Crippen LogP contribution in [0.4, 0.5) is 4.39 Å². The Bertz CT molecular complexity index is 990. The van der Waals surface area contributed by atoms with Gasteiger partial charge in [-0.2, -0.15) is 4.31 Å². The Labute approximate surface area is 177 Å². The number of hydrogen-bond acceptors (Lipinski definition) is 4. The zero-order valence-corrected chi connectivity index (χ0v) is 17.9. The Kier molecular flexibility index (Phi) is 5.99. The number of rotatable bonds is 4. The Morgan fingerprint density at radius 3 is 2.50 bits per heavy atom. The van der Waals surface area contributed by atoms with Crippen LogP contribution in [0, 0.1) is 5.82 Å². The first-order valence-corrected chi connectivity index (χ1v) is 12.0. The molecule has 1 N–H and O–H groups in total. The van der Waals surface area contributed by atoms with Crippen molar-refractivity contribution in [2.45, 2.75) is 56.0 Å². The Balaban J connectivity index is 1.59. The van der Waals surface area contributed by atoms with Crippen molar-refractivity contribution in [3.63, 3.8) is 0 Å². The number of aliphatic hydroxyl groups is 1. The maximum absolute atomic E-state index is 15.0. The van der Waals surface area contributed by atoms with Gasteiger partial charge in [-0.3, -0.25) is 0 Å². The fraction of sp³-hybridized carbons (Fsp3) is 0.478. The van der Waals surface area contributed by atoms with Crippen LogP contribution < -0.4 is 0 Å². The molecule has 0 aliphatic carbocycles. The minimum Gasteiger partial charge on any atom is -0.385 e. The summed E-state index contributed by atoms with van der Waals surface area (Å²) < 4.78 is 48.4. The lowest BCUT2D eigenvalue weighted by molar-refractivity contribution is -0.0680. The third-order valence-electron chi connectivity index (χ3n) is 6.43. The fourth-order valence-corrected chi connectivity index (χ4v) is 6.67. The molecular weight excluding hydrogens is 405 g/mol. The second-order valence-electron chi connectivity index (χ2n) is 8.37. The second-order valence-corrected chi connectivity index (χ2v) is 10.4. The van der Waals surface area contributed by atoms with Crippen LogP contribution in [0.5, 0.6) is 0 Å². The first-order valence-electron chi connectivity index (χ1n) is 10.5. The van der Waals surface area contributed by atoms with Crippen LogP contribution in [-0.4, -0.2) is 37.1 Å². The molecule has 2 aliphatic rings. The SMILES string of the molecule is C[C@H]1CC[C@H](c2ccccc2)S(=O)(=O)N1Cc1ccc(C2(O)CCOCC2)cc1F. The Morgan fingerprint density at radius 2 is 1.83 bits per heavy atom. The summed E-state index contributed by atoms with van der Waals surface area (Å²) in [6, 6.07) is 13.7. The van der Waals surface area contributed by atoms with E-state index in [1.165, 1.54) is 10.4 Å². The van der Waals surface area contributed by atoms with Crippen LogP contribution in [-0.2, 0) is 26.9 Å². The minimum atomic E-state index is -3.62. The van der Waals surface area contributed by atoms with E-state index in [0.717, 1.165) is 12.0 Å². The average molecular weight is 434 g/mol. The molecule has 2 aromatic rings. The van der Waals surface area contributed by atoms with Gasteiger partial charge in [0.15, 0.2) is 0 Å². The molecule has 30 heavy (non-hydrogen) atoms. The number of sulfonamides is 1. The third-order valence-corrected chi connectivity index (χ3v) is 8.80. The normalized spacial score (nSPS) is 26.4. The third kappa shape index (κ3) is 4.04. The highest BCUT2D eigenvalue weighted by atomic mass is 32.2. The lowest BCUT2D eigenvalue weighted by atomic mass is 9.86. The van der Waals surface area contributed by atoms with E-state index >= 15 is 0 Å². The standard InChI is InChI=1S/C23H28FNO4S/c1-17-7-10-22(18-5-3-2-4-6-18)30(27,28)25(17)16-19-8-9-20(15-21(19)24)23(26)11-13-29-14-12-23/h2-6,8-9,15,17,22,26H,7,10-14,16H2,1H3/t17-,22+/m0/s1. The summed E-state index contributed by atoms with van der Waals surface area (Å²) in [5.74, 6) is -0.489. The predicted molar refractivity (Wildman–Crippen MR) is 113 cm³/mol. The van der Waals surface area contributed by atoms with Crippen molar-refractivity contribution in [2.75, 3.05) is 13.2 Å². The van der Waals surface area contributed by atoms with Gasteiger partial charge >= 0.3 is 0 Å². The highest BCUT2D eigenvalue weighted by molar-refractivity contribution is 7.89. The molecular formula is C23H28FNO4S. The smallest absolute Gasteiger partial charge is 0.221 e. The van der Waals surface area contributed by atoms with Gasteiger partial charge in [-0.05, 0) is 37.0 Å². The van der Waals surface area contributed by atoms with Crippen LogP contribution in [0.15, 0.2) is 48.5 Å². The van der Waals surface area contributed by atoms with Crippen molar-refractivity contribution in [3.05, 3.63) is 71.0 Å². The Hall–Kier alpha value is -1.80. The molecule has 4 rings (SSSR count). The van der Waals surface area contributed by atoms with Gasteiger partial charge in [0.25, 0.3) is 0 Å². The maximum atomic E-state index is 15.0. The van der Waals surface area contributed by atoms with Gasteiger partial charge in [-0.15, -0.1) is 0 Å². The van der Waals surface area contributed by atoms with E-state index in [-0.39, 0.29) is 12.6 Å². The summed E-state index contributed by atoms with van der Waals surface area (Å²) in [4.78, 5) is 0. The first-order chi connectivity index (χ1) is 14.3. The van der Waals surface area contributed by atoms with E-state index in [4.69, 9.17) is 4.74 Å². The summed E-state index contributed by atoms with van der Waals surface area (Å²) in [6.45, 7) is 2.73. The molecule has 0 unspecified atom stereocenters. The molecule has 162 valence electrons. The number of ether oxygens (including phenoxy) is 1. The number of halogens is 1. The lowest BCUT2D eigenvalue weighted by Gasteiger charge is -2.37. The Morgan fingerprint density at radius 1 is 1.13 bits per heavy atom. The van der Waals surface area contributed by atoms with Crippen LogP contribution in [0.1, 0.15) is 54.5 Å². The largest absolute Gasteiger partial charge is 0.385 e. The van der Waals surface area contributed by atoms with E-state index < -0.39 is 26.7 Å². The quantitative estimate of drug-likeness (QED) is 0.795. The average Bonchev–Trinajstić information content (AvgIpc) is 2.73. The van der Waals surface area contributed by atoms with Gasteiger partial charge in [0, 0.05) is 44.2 Å². The van der Waals surface area contributed by atoms with Crippen molar-refractivity contribution in [1.82, 2.24) is 4.31 Å². The topological polar surface area (TPSA) is 66.8 Å². The zero-order valence-electron chi connectivity index (χ0n) is 17.1. The second kappa shape index (κ2) is 8.38. The van der Waals surface area contributed by atoms with E-state index in [1.54, 1.807) is 12.1 Å². The van der Waals surface area contributed by atoms with Crippen molar-refractivity contribution in [2.24, 2.45) is 0 Å². The molecule has 7 heteroatoms. The van der Waals surface area contributed by atoms with Gasteiger partial charge in [-0.1, -0.05) is 42.5 Å². The highest BCUT2D eigenvalue weighted by Crippen LogP contribution is 2.39. The fourth-order valence-electron chi connectivity index (χ4n) is 4.48. The molecule has 2 heterocycles. The zero-order chi connectivity index (χ0) is 21.4. The number of hydrogen-bond donors (Lipinski definition) is 1. The predicted octanol–water partition coefficient (Wildman–Crippen LogP) is 3.88. The summed E-state index contributed by atoms with van der Waals surface area (Å²) in [5.41, 5.74) is 0.509. The van der Waals surface area contributed by atoms with Gasteiger partial charge in [0.2, 0.25) is 10.0 Å². The monoisotopic (exact) mass is 433 g/mol. The molecule has 2 saturated heterocycles. The van der Waals surface area contributed by atoms with Crippen molar-refractivity contribution < 1.29 is 22.7 Å². The molecule has 5 nitrogen and oxygen atoms in total. The molecule has 0 amide bonds. The molecule has 2 aromatic carbocycles. The highest BCUT2D eigenvalue weighted by Gasteiger charge is 2.41. The van der Waals surface area contributed by atoms with Crippen LogP contribution >= 0.6 is 0 Å². The number of benzene rings is 2. The van der Waals surface area contributed by atoms with Crippen LogP contribution in [0.3, 0.4) is 0 Å². The van der Waals surface area contributed by atoms with E-state index in [1.807, 2.05) is 37.3 Å². The maximum Gasteiger partial charge on any atom is 0.221 e. The number of nitrogens with zero attached hydrogens (tertiary/aromatic N) is 1. The van der Waals surface area contributed by atoms with Gasteiger partial charge in [0.1, 0.15) is 11.1 Å². The molecule has 0 aromatic heterocycles. The molecule has 2 aliphatic heterocycles. The summed E-state index contributed by atoms with van der Waals surface area (Å²) in [5, 5.41) is 10.2. The molecule has 2 atom stereocenters. The van der Waals surface area contributed by atoms with Crippen molar-refractivity contribution in [1.29, 1.82) is 0 Å². The minimum absolute atomic E-state index is 0.0134. The van der Waals surface area contributed by atoms with Crippen LogP contribution in [0.2, 0.25) is 0 Å². The van der Waals surface area contributed by atoms with Gasteiger partial charge in [0.05, 0.1) is 5.60 Å². The van der Waals surface area contributed by atoms with Gasteiger partial charge in [-0.25, -0.2) is 12.8 Å². The molecule has 0 bridgehead atoms. The lowest BCUT2D eigenvalue weighted by Crippen LogP contribution is -2.44. The van der Waals surface area contributed by atoms with Crippen molar-refractivity contribution in [3.8, 4) is 0 Å². The first kappa shape index (κ1) is 21.4.